The maximum Gasteiger partial charge on any atom is 0.257 e. The maximum atomic E-state index is 12.1. The van der Waals surface area contributed by atoms with Crippen LogP contribution in [-0.4, -0.2) is 29.0 Å². The molecule has 16 heavy (non-hydrogen) atoms. The molecule has 1 saturated carbocycles. The van der Waals surface area contributed by atoms with Crippen LogP contribution in [0.5, 0.6) is 5.75 Å². The molecule has 0 aromatic heterocycles. The second-order valence-electron chi connectivity index (χ2n) is 4.51. The number of para-hydroxylation sites is 1. The van der Waals surface area contributed by atoms with Crippen molar-refractivity contribution in [1.82, 2.24) is 4.90 Å². The Kier molecular flexibility index (Phi) is 2.86. The third-order valence-electron chi connectivity index (χ3n) is 3.37. The molecule has 86 valence electrons. The Morgan fingerprint density at radius 2 is 2.06 bits per heavy atom. The summed E-state index contributed by atoms with van der Waals surface area (Å²) in [5.41, 5.74) is 0.387. The molecule has 1 aliphatic rings. The zero-order valence-electron chi connectivity index (χ0n) is 9.68. The minimum atomic E-state index is -0.0995. The van der Waals surface area contributed by atoms with Crippen LogP contribution >= 0.6 is 0 Å². The highest BCUT2D eigenvalue weighted by atomic mass is 16.3. The molecule has 0 bridgehead atoms. The molecule has 0 heterocycles. The van der Waals surface area contributed by atoms with Gasteiger partial charge in [0.25, 0.3) is 5.91 Å². The molecule has 3 nitrogen and oxygen atoms in total. The van der Waals surface area contributed by atoms with E-state index in [2.05, 4.69) is 6.92 Å². The van der Waals surface area contributed by atoms with Crippen molar-refractivity contribution >= 4 is 5.91 Å². The number of carbonyl (C=O) groups is 1. The van der Waals surface area contributed by atoms with Gasteiger partial charge in [-0.3, -0.25) is 4.79 Å². The minimum absolute atomic E-state index is 0.0577. The lowest BCUT2D eigenvalue weighted by molar-refractivity contribution is 0.0724. The summed E-state index contributed by atoms with van der Waals surface area (Å²) < 4.78 is 0. The smallest absolute Gasteiger partial charge is 0.257 e. The van der Waals surface area contributed by atoms with Gasteiger partial charge < -0.3 is 10.0 Å². The van der Waals surface area contributed by atoms with Crippen molar-refractivity contribution in [2.45, 2.75) is 25.8 Å². The van der Waals surface area contributed by atoms with Crippen molar-refractivity contribution in [3.63, 3.8) is 0 Å². The summed E-state index contributed by atoms with van der Waals surface area (Å²) >= 11 is 0. The molecule has 1 aliphatic carbocycles. The number of benzene rings is 1. The molecule has 1 aromatic rings. The van der Waals surface area contributed by atoms with Crippen molar-refractivity contribution in [3.8, 4) is 5.75 Å². The molecule has 2 rings (SSSR count). The van der Waals surface area contributed by atoms with E-state index in [1.807, 2.05) is 0 Å². The number of phenolic OH excluding ortho intramolecular Hbond substituents is 1. The summed E-state index contributed by atoms with van der Waals surface area (Å²) in [5.74, 6) is 0.597. The molecular formula is C13H17NO2. The van der Waals surface area contributed by atoms with Gasteiger partial charge in [0.15, 0.2) is 0 Å². The van der Waals surface area contributed by atoms with Crippen LogP contribution in [0.15, 0.2) is 24.3 Å². The summed E-state index contributed by atoms with van der Waals surface area (Å²) in [7, 11) is 1.80. The molecule has 3 heteroatoms. The Bertz CT molecular complexity index is 399. The van der Waals surface area contributed by atoms with E-state index in [1.54, 1.807) is 36.2 Å². The first kappa shape index (κ1) is 11.0. The van der Waals surface area contributed by atoms with E-state index < -0.39 is 0 Å². The van der Waals surface area contributed by atoms with E-state index in [1.165, 1.54) is 12.8 Å². The molecule has 1 unspecified atom stereocenters. The van der Waals surface area contributed by atoms with Crippen molar-refractivity contribution in [3.05, 3.63) is 29.8 Å². The summed E-state index contributed by atoms with van der Waals surface area (Å²) in [5, 5.41) is 9.62. The van der Waals surface area contributed by atoms with Crippen LogP contribution in [0.25, 0.3) is 0 Å². The zero-order valence-corrected chi connectivity index (χ0v) is 9.68. The Balaban J connectivity index is 2.15. The average molecular weight is 219 g/mol. The van der Waals surface area contributed by atoms with Gasteiger partial charge in [-0.15, -0.1) is 0 Å². The third kappa shape index (κ3) is 2.03. The molecule has 1 N–H and O–H groups in total. The van der Waals surface area contributed by atoms with E-state index in [-0.39, 0.29) is 17.7 Å². The number of amides is 1. The largest absolute Gasteiger partial charge is 0.507 e. The molecule has 1 amide bonds. The highest BCUT2D eigenvalue weighted by Gasteiger charge is 2.33. The van der Waals surface area contributed by atoms with Crippen molar-refractivity contribution in [1.29, 1.82) is 0 Å². The lowest BCUT2D eigenvalue weighted by atomic mass is 10.1. The lowest BCUT2D eigenvalue weighted by Crippen LogP contribution is -2.36. The molecule has 1 fully saturated rings. The van der Waals surface area contributed by atoms with Crippen LogP contribution in [0.3, 0.4) is 0 Å². The van der Waals surface area contributed by atoms with Gasteiger partial charge in [-0.05, 0) is 37.8 Å². The van der Waals surface area contributed by atoms with Crippen molar-refractivity contribution in [2.24, 2.45) is 5.92 Å². The molecule has 0 radical (unpaired) electrons. The van der Waals surface area contributed by atoms with E-state index in [0.29, 0.717) is 11.5 Å². The Labute approximate surface area is 95.7 Å². The van der Waals surface area contributed by atoms with E-state index in [4.69, 9.17) is 0 Å². The first-order valence-corrected chi connectivity index (χ1v) is 5.66. The average Bonchev–Trinajstić information content (AvgIpc) is 3.11. The van der Waals surface area contributed by atoms with E-state index in [9.17, 15) is 9.90 Å². The SMILES string of the molecule is CC(C1CC1)N(C)C(=O)c1ccccc1O. The fourth-order valence-corrected chi connectivity index (χ4v) is 1.92. The van der Waals surface area contributed by atoms with Gasteiger partial charge in [-0.25, -0.2) is 0 Å². The normalized spacial score (nSPS) is 16.9. The van der Waals surface area contributed by atoms with Crippen LogP contribution in [0.4, 0.5) is 0 Å². The molecule has 0 aliphatic heterocycles. The lowest BCUT2D eigenvalue weighted by Gasteiger charge is -2.25. The molecule has 1 aromatic carbocycles. The number of phenols is 1. The number of hydrogen-bond acceptors (Lipinski definition) is 2. The minimum Gasteiger partial charge on any atom is -0.507 e. The Morgan fingerprint density at radius 1 is 1.44 bits per heavy atom. The van der Waals surface area contributed by atoms with Gasteiger partial charge in [0.2, 0.25) is 0 Å². The van der Waals surface area contributed by atoms with Gasteiger partial charge in [-0.1, -0.05) is 12.1 Å². The Morgan fingerprint density at radius 3 is 2.62 bits per heavy atom. The summed E-state index contributed by atoms with van der Waals surface area (Å²) in [4.78, 5) is 13.8. The highest BCUT2D eigenvalue weighted by Crippen LogP contribution is 2.35. The van der Waals surface area contributed by atoms with Crippen molar-refractivity contribution < 1.29 is 9.90 Å². The molecule has 0 spiro atoms. The van der Waals surface area contributed by atoms with Gasteiger partial charge >= 0.3 is 0 Å². The quantitative estimate of drug-likeness (QED) is 0.847. The first-order chi connectivity index (χ1) is 7.61. The molecule has 1 atom stereocenters. The fraction of sp³-hybridized carbons (Fsp3) is 0.462. The number of nitrogens with zero attached hydrogens (tertiary/aromatic N) is 1. The maximum absolute atomic E-state index is 12.1. The van der Waals surface area contributed by atoms with E-state index in [0.717, 1.165) is 0 Å². The highest BCUT2D eigenvalue weighted by molar-refractivity contribution is 5.96. The number of carbonyl (C=O) groups excluding carboxylic acids is 1. The van der Waals surface area contributed by atoms with E-state index >= 15 is 0 Å². The summed E-state index contributed by atoms with van der Waals surface area (Å²) in [6, 6.07) is 6.95. The number of aromatic hydroxyl groups is 1. The summed E-state index contributed by atoms with van der Waals surface area (Å²) in [6.45, 7) is 2.07. The molecule has 0 saturated heterocycles. The monoisotopic (exact) mass is 219 g/mol. The van der Waals surface area contributed by atoms with Gasteiger partial charge in [0.1, 0.15) is 5.75 Å². The Hall–Kier alpha value is -1.51. The topological polar surface area (TPSA) is 40.5 Å². The second-order valence-corrected chi connectivity index (χ2v) is 4.51. The van der Waals surface area contributed by atoms with Crippen LogP contribution < -0.4 is 0 Å². The van der Waals surface area contributed by atoms with Crippen LogP contribution in [0, 0.1) is 5.92 Å². The van der Waals surface area contributed by atoms with Crippen LogP contribution in [0.2, 0.25) is 0 Å². The van der Waals surface area contributed by atoms with Crippen molar-refractivity contribution in [2.75, 3.05) is 7.05 Å². The number of rotatable bonds is 3. The summed E-state index contributed by atoms with van der Waals surface area (Å²) in [6.07, 6.45) is 2.42. The predicted octanol–water partition coefficient (Wildman–Crippen LogP) is 2.26. The third-order valence-corrected chi connectivity index (χ3v) is 3.37. The second kappa shape index (κ2) is 4.16. The van der Waals surface area contributed by atoms with Crippen LogP contribution in [0.1, 0.15) is 30.1 Å². The van der Waals surface area contributed by atoms with Gasteiger partial charge in [0, 0.05) is 13.1 Å². The van der Waals surface area contributed by atoms with Gasteiger partial charge in [-0.2, -0.15) is 0 Å². The fourth-order valence-electron chi connectivity index (χ4n) is 1.92. The van der Waals surface area contributed by atoms with Crippen LogP contribution in [-0.2, 0) is 0 Å². The number of hydrogen-bond donors (Lipinski definition) is 1. The first-order valence-electron chi connectivity index (χ1n) is 5.66. The van der Waals surface area contributed by atoms with Gasteiger partial charge in [0.05, 0.1) is 5.56 Å². The standard InChI is InChI=1S/C13H17NO2/c1-9(10-7-8-10)14(2)13(16)11-5-3-4-6-12(11)15/h3-6,9-10,15H,7-8H2,1-2H3. The zero-order chi connectivity index (χ0) is 11.7. The molecular weight excluding hydrogens is 202 g/mol. The predicted molar refractivity (Wildman–Crippen MR) is 62.4 cm³/mol.